The summed E-state index contributed by atoms with van der Waals surface area (Å²) in [5.41, 5.74) is 3.02. The van der Waals surface area contributed by atoms with E-state index in [0.717, 1.165) is 17.0 Å². The Morgan fingerprint density at radius 2 is 2.27 bits per heavy atom. The molecule has 0 radical (unpaired) electrons. The van der Waals surface area contributed by atoms with Crippen molar-refractivity contribution in [2.75, 3.05) is 19.8 Å². The molecule has 1 aliphatic rings. The van der Waals surface area contributed by atoms with Gasteiger partial charge in [0, 0.05) is 37.4 Å². The molecule has 0 N–H and O–H groups in total. The zero-order valence-electron chi connectivity index (χ0n) is 13.0. The minimum Gasteiger partial charge on any atom is -0.377 e. The molecule has 0 bridgehead atoms. The third-order valence-electron chi connectivity index (χ3n) is 4.10. The van der Waals surface area contributed by atoms with E-state index in [1.165, 1.54) is 0 Å². The molecule has 22 heavy (non-hydrogen) atoms. The van der Waals surface area contributed by atoms with Crippen LogP contribution in [-0.2, 0) is 23.0 Å². The summed E-state index contributed by atoms with van der Waals surface area (Å²) in [6.07, 6.45) is 4.16. The Balaban J connectivity index is 1.77. The molecule has 2 aromatic heterocycles. The van der Waals surface area contributed by atoms with Crippen molar-refractivity contribution in [1.29, 1.82) is 0 Å². The molecule has 0 spiro atoms. The summed E-state index contributed by atoms with van der Waals surface area (Å²) in [4.78, 5) is 18.9. The Labute approximate surface area is 130 Å². The highest BCUT2D eigenvalue weighted by atomic mass is 16.5. The van der Waals surface area contributed by atoms with Crippen molar-refractivity contribution in [3.63, 3.8) is 0 Å². The number of morpholine rings is 1. The molecule has 0 saturated carbocycles. The number of rotatable bonds is 3. The van der Waals surface area contributed by atoms with Crippen LogP contribution in [0.25, 0.3) is 0 Å². The maximum absolute atomic E-state index is 12.7. The molecule has 1 saturated heterocycles. The minimum absolute atomic E-state index is 0.0142. The summed E-state index contributed by atoms with van der Waals surface area (Å²) >= 11 is 0. The monoisotopic (exact) mass is 299 g/mol. The maximum Gasteiger partial charge on any atom is 0.227 e. The van der Waals surface area contributed by atoms with Crippen LogP contribution in [0.2, 0.25) is 0 Å². The van der Waals surface area contributed by atoms with Gasteiger partial charge in [-0.3, -0.25) is 9.78 Å². The molecule has 5 nitrogen and oxygen atoms in total. The second kappa shape index (κ2) is 6.32. The molecule has 3 heterocycles. The van der Waals surface area contributed by atoms with Crippen molar-refractivity contribution in [1.82, 2.24) is 14.5 Å². The number of carbonyl (C=O) groups excluding carboxylic acids is 1. The fourth-order valence-corrected chi connectivity index (χ4v) is 2.85. The smallest absolute Gasteiger partial charge is 0.227 e. The quantitative estimate of drug-likeness (QED) is 0.869. The lowest BCUT2D eigenvalue weighted by atomic mass is 10.1. The van der Waals surface area contributed by atoms with Crippen molar-refractivity contribution in [3.8, 4) is 0 Å². The Kier molecular flexibility index (Phi) is 4.24. The summed E-state index contributed by atoms with van der Waals surface area (Å²) in [6, 6.07) is 7.94. The van der Waals surface area contributed by atoms with Crippen molar-refractivity contribution in [2.24, 2.45) is 7.05 Å². The van der Waals surface area contributed by atoms with Gasteiger partial charge in [-0.1, -0.05) is 6.07 Å². The number of carbonyl (C=O) groups is 1. The number of aryl methyl sites for hydroxylation is 2. The molecule has 2 aromatic rings. The van der Waals surface area contributed by atoms with Gasteiger partial charge in [0.1, 0.15) is 0 Å². The molecule has 1 aliphatic heterocycles. The van der Waals surface area contributed by atoms with Crippen LogP contribution in [0.5, 0.6) is 0 Å². The lowest BCUT2D eigenvalue weighted by Gasteiger charge is -2.36. The fraction of sp³-hybridized carbons (Fsp3) is 0.412. The molecule has 0 aliphatic carbocycles. The Bertz CT molecular complexity index is 648. The summed E-state index contributed by atoms with van der Waals surface area (Å²) in [5.74, 6) is 0.125. The molecule has 3 rings (SSSR count). The van der Waals surface area contributed by atoms with Gasteiger partial charge in [0.15, 0.2) is 0 Å². The van der Waals surface area contributed by atoms with Crippen LogP contribution < -0.4 is 0 Å². The van der Waals surface area contributed by atoms with Crippen molar-refractivity contribution >= 4 is 5.91 Å². The molecular weight excluding hydrogens is 278 g/mol. The van der Waals surface area contributed by atoms with E-state index >= 15 is 0 Å². The first-order chi connectivity index (χ1) is 10.6. The van der Waals surface area contributed by atoms with Crippen molar-refractivity contribution in [3.05, 3.63) is 53.6 Å². The second-order valence-electron chi connectivity index (χ2n) is 5.71. The average Bonchev–Trinajstić information content (AvgIpc) is 2.95. The molecule has 1 amide bonds. The first-order valence-electron chi connectivity index (χ1n) is 7.55. The summed E-state index contributed by atoms with van der Waals surface area (Å²) in [5, 5.41) is 0. The highest BCUT2D eigenvalue weighted by Gasteiger charge is 2.29. The van der Waals surface area contributed by atoms with Crippen LogP contribution >= 0.6 is 0 Å². The van der Waals surface area contributed by atoms with Gasteiger partial charge < -0.3 is 14.2 Å². The number of hydrogen-bond acceptors (Lipinski definition) is 3. The number of aromatic nitrogens is 2. The Hall–Kier alpha value is -2.14. The van der Waals surface area contributed by atoms with E-state index in [4.69, 9.17) is 4.74 Å². The van der Waals surface area contributed by atoms with E-state index < -0.39 is 0 Å². The third kappa shape index (κ3) is 3.04. The molecule has 1 atom stereocenters. The van der Waals surface area contributed by atoms with E-state index in [1.807, 2.05) is 53.9 Å². The first kappa shape index (κ1) is 14.8. The second-order valence-corrected chi connectivity index (χ2v) is 5.71. The van der Waals surface area contributed by atoms with Crippen LogP contribution in [0.1, 0.15) is 23.0 Å². The van der Waals surface area contributed by atoms with Gasteiger partial charge in [0.05, 0.1) is 25.7 Å². The molecular formula is C17H21N3O2. The highest BCUT2D eigenvalue weighted by Crippen LogP contribution is 2.25. The van der Waals surface area contributed by atoms with Crippen LogP contribution in [0, 0.1) is 6.92 Å². The van der Waals surface area contributed by atoms with Crippen LogP contribution in [-0.4, -0.2) is 40.1 Å². The normalized spacial score (nSPS) is 18.5. The van der Waals surface area contributed by atoms with E-state index in [1.54, 1.807) is 6.20 Å². The first-order valence-corrected chi connectivity index (χ1v) is 7.55. The highest BCUT2D eigenvalue weighted by molar-refractivity contribution is 5.79. The predicted octanol–water partition coefficient (Wildman–Crippen LogP) is 1.87. The van der Waals surface area contributed by atoms with Gasteiger partial charge in [-0.2, -0.15) is 0 Å². The van der Waals surface area contributed by atoms with Gasteiger partial charge >= 0.3 is 0 Å². The van der Waals surface area contributed by atoms with Crippen LogP contribution in [0.15, 0.2) is 36.7 Å². The van der Waals surface area contributed by atoms with Crippen LogP contribution in [0.4, 0.5) is 0 Å². The Morgan fingerprint density at radius 1 is 1.41 bits per heavy atom. The van der Waals surface area contributed by atoms with Crippen LogP contribution in [0.3, 0.4) is 0 Å². The fourth-order valence-electron chi connectivity index (χ4n) is 2.85. The largest absolute Gasteiger partial charge is 0.377 e. The molecule has 0 aromatic carbocycles. The standard InChI is InChI=1S/C17H21N3O2/c1-13-5-6-14(11-18-13)10-17(21)20-8-9-22-12-16(20)15-4-3-7-19(15)2/h3-7,11,16H,8-10,12H2,1-2H3/t16-/m0/s1. The number of nitrogens with zero attached hydrogens (tertiary/aromatic N) is 3. The van der Waals surface area contributed by atoms with E-state index in [2.05, 4.69) is 4.98 Å². The van der Waals surface area contributed by atoms with Gasteiger partial charge in [0.25, 0.3) is 0 Å². The van der Waals surface area contributed by atoms with Gasteiger partial charge in [-0.15, -0.1) is 0 Å². The molecule has 1 fully saturated rings. The predicted molar refractivity (Wildman–Crippen MR) is 83.4 cm³/mol. The summed E-state index contributed by atoms with van der Waals surface area (Å²) in [7, 11) is 2.00. The average molecular weight is 299 g/mol. The SMILES string of the molecule is Cc1ccc(CC(=O)N2CCOC[C@H]2c2cccn2C)cn1. The van der Waals surface area contributed by atoms with E-state index in [-0.39, 0.29) is 11.9 Å². The molecule has 5 heteroatoms. The van der Waals surface area contributed by atoms with Gasteiger partial charge in [0.2, 0.25) is 5.91 Å². The zero-order chi connectivity index (χ0) is 15.5. The van der Waals surface area contributed by atoms with E-state index in [9.17, 15) is 4.79 Å². The zero-order valence-corrected chi connectivity index (χ0v) is 13.0. The maximum atomic E-state index is 12.7. The number of amides is 1. The van der Waals surface area contributed by atoms with Crippen molar-refractivity contribution in [2.45, 2.75) is 19.4 Å². The van der Waals surface area contributed by atoms with E-state index in [0.29, 0.717) is 26.2 Å². The Morgan fingerprint density at radius 3 is 2.95 bits per heavy atom. The third-order valence-corrected chi connectivity index (χ3v) is 4.10. The number of ether oxygens (including phenoxy) is 1. The number of hydrogen-bond donors (Lipinski definition) is 0. The van der Waals surface area contributed by atoms with Gasteiger partial charge in [-0.25, -0.2) is 0 Å². The number of pyridine rings is 1. The van der Waals surface area contributed by atoms with Crippen molar-refractivity contribution < 1.29 is 9.53 Å². The molecule has 0 unspecified atom stereocenters. The molecule has 116 valence electrons. The lowest BCUT2D eigenvalue weighted by Crippen LogP contribution is -2.44. The topological polar surface area (TPSA) is 47.4 Å². The van der Waals surface area contributed by atoms with Gasteiger partial charge in [-0.05, 0) is 30.7 Å². The minimum atomic E-state index is -0.0142. The lowest BCUT2D eigenvalue weighted by molar-refractivity contribution is -0.139. The summed E-state index contributed by atoms with van der Waals surface area (Å²) < 4.78 is 7.64. The summed E-state index contributed by atoms with van der Waals surface area (Å²) in [6.45, 7) is 3.72.